The number of benzene rings is 1. The van der Waals surface area contributed by atoms with Crippen LogP contribution >= 0.6 is 11.6 Å². The van der Waals surface area contributed by atoms with E-state index in [0.29, 0.717) is 5.82 Å². The fourth-order valence-electron chi connectivity index (χ4n) is 2.95. The molecule has 0 bridgehead atoms. The van der Waals surface area contributed by atoms with Crippen LogP contribution in [0, 0.1) is 0 Å². The van der Waals surface area contributed by atoms with Crippen LogP contribution in [0.1, 0.15) is 17.5 Å². The molecule has 1 saturated heterocycles. The molecule has 0 aliphatic carbocycles. The Morgan fingerprint density at radius 3 is 2.36 bits per heavy atom. The van der Waals surface area contributed by atoms with Crippen LogP contribution in [-0.4, -0.2) is 36.1 Å². The molecule has 1 aromatic heterocycles. The smallest absolute Gasteiger partial charge is 0.355 e. The normalized spacial score (nSPS) is 16.7. The van der Waals surface area contributed by atoms with Crippen LogP contribution in [0.3, 0.4) is 0 Å². The van der Waals surface area contributed by atoms with Gasteiger partial charge in [-0.2, -0.15) is 13.2 Å². The summed E-state index contributed by atoms with van der Waals surface area (Å²) in [4.78, 5) is 8.39. The van der Waals surface area contributed by atoms with Gasteiger partial charge in [0.2, 0.25) is 0 Å². The van der Waals surface area contributed by atoms with Crippen molar-refractivity contribution in [1.82, 2.24) is 9.88 Å². The van der Waals surface area contributed by atoms with Crippen molar-refractivity contribution in [2.45, 2.75) is 19.1 Å². The summed E-state index contributed by atoms with van der Waals surface area (Å²) in [6, 6.07) is 10.3. The first-order chi connectivity index (χ1) is 11.9. The van der Waals surface area contributed by atoms with E-state index in [9.17, 15) is 13.2 Å². The third-order valence-electron chi connectivity index (χ3n) is 4.31. The molecule has 0 N–H and O–H groups in total. The maximum Gasteiger partial charge on any atom is 0.417 e. The molecular weight excluding hydrogens is 351 g/mol. The Balaban J connectivity index is 1.60. The van der Waals surface area contributed by atoms with Gasteiger partial charge in [0.05, 0.1) is 5.56 Å². The van der Waals surface area contributed by atoms with Gasteiger partial charge in [-0.25, -0.2) is 4.98 Å². The van der Waals surface area contributed by atoms with Gasteiger partial charge in [-0.15, -0.1) is 0 Å². The highest BCUT2D eigenvalue weighted by atomic mass is 35.5. The number of hydrogen-bond donors (Lipinski definition) is 0. The van der Waals surface area contributed by atoms with Crippen molar-refractivity contribution in [2.75, 3.05) is 31.1 Å². The second kappa shape index (κ2) is 7.62. The predicted octanol–water partition coefficient (Wildman–Crippen LogP) is 4.47. The first kappa shape index (κ1) is 18.0. The Morgan fingerprint density at radius 2 is 1.72 bits per heavy atom. The average molecular weight is 370 g/mol. The maximum absolute atomic E-state index is 12.6. The lowest BCUT2D eigenvalue weighted by Crippen LogP contribution is -2.31. The highest BCUT2D eigenvalue weighted by Gasteiger charge is 2.31. The molecule has 0 saturated carbocycles. The summed E-state index contributed by atoms with van der Waals surface area (Å²) in [6.45, 7) is 4.15. The van der Waals surface area contributed by atoms with Crippen molar-refractivity contribution >= 4 is 17.4 Å². The standard InChI is InChI=1S/C18H19ClF3N3/c19-16-5-2-14(3-6-16)13-24-8-1-9-25(11-10-24)17-7-4-15(12-23-17)18(20,21)22/h2-7,12H,1,8-11,13H2. The first-order valence-electron chi connectivity index (χ1n) is 8.17. The Morgan fingerprint density at radius 1 is 0.960 bits per heavy atom. The van der Waals surface area contributed by atoms with Crippen LogP contribution in [0.5, 0.6) is 0 Å². The van der Waals surface area contributed by atoms with E-state index >= 15 is 0 Å². The van der Waals surface area contributed by atoms with Crippen molar-refractivity contribution < 1.29 is 13.2 Å². The van der Waals surface area contributed by atoms with Gasteiger partial charge in [0.25, 0.3) is 0 Å². The summed E-state index contributed by atoms with van der Waals surface area (Å²) < 4.78 is 37.9. The average Bonchev–Trinajstić information content (AvgIpc) is 2.82. The van der Waals surface area contributed by atoms with Crippen LogP contribution < -0.4 is 4.90 Å². The Hall–Kier alpha value is -1.79. The molecule has 0 unspecified atom stereocenters. The second-order valence-corrected chi connectivity index (χ2v) is 6.58. The molecule has 2 heterocycles. The quantitative estimate of drug-likeness (QED) is 0.796. The zero-order chi connectivity index (χ0) is 17.9. The van der Waals surface area contributed by atoms with Crippen LogP contribution in [0.25, 0.3) is 0 Å². The third-order valence-corrected chi connectivity index (χ3v) is 4.56. The molecule has 1 aromatic carbocycles. The highest BCUT2D eigenvalue weighted by molar-refractivity contribution is 6.30. The summed E-state index contributed by atoms with van der Waals surface area (Å²) in [5, 5.41) is 0.721. The Labute approximate surface area is 150 Å². The number of aromatic nitrogens is 1. The molecule has 1 aliphatic heterocycles. The summed E-state index contributed by atoms with van der Waals surface area (Å²) in [5.74, 6) is 0.598. The predicted molar refractivity (Wildman–Crippen MR) is 92.8 cm³/mol. The molecular formula is C18H19ClF3N3. The Kier molecular flexibility index (Phi) is 5.49. The largest absolute Gasteiger partial charge is 0.417 e. The van der Waals surface area contributed by atoms with Crippen molar-refractivity contribution in [3.63, 3.8) is 0 Å². The van der Waals surface area contributed by atoms with Crippen LogP contribution in [0.4, 0.5) is 19.0 Å². The van der Waals surface area contributed by atoms with Gasteiger partial charge in [0.15, 0.2) is 0 Å². The number of nitrogens with zero attached hydrogens (tertiary/aromatic N) is 3. The van der Waals surface area contributed by atoms with Crippen LogP contribution in [0.2, 0.25) is 5.02 Å². The van der Waals surface area contributed by atoms with Crippen LogP contribution in [-0.2, 0) is 12.7 Å². The minimum absolute atomic E-state index is 0.598. The number of alkyl halides is 3. The maximum atomic E-state index is 12.6. The van der Waals surface area contributed by atoms with Crippen molar-refractivity contribution in [1.29, 1.82) is 0 Å². The van der Waals surface area contributed by atoms with Gasteiger partial charge in [-0.3, -0.25) is 4.90 Å². The van der Waals surface area contributed by atoms with E-state index in [-0.39, 0.29) is 0 Å². The second-order valence-electron chi connectivity index (χ2n) is 6.15. The van der Waals surface area contributed by atoms with E-state index in [2.05, 4.69) is 9.88 Å². The molecule has 3 nitrogen and oxygen atoms in total. The Bertz CT molecular complexity index is 686. The van der Waals surface area contributed by atoms with Crippen molar-refractivity contribution in [3.8, 4) is 0 Å². The van der Waals surface area contributed by atoms with Crippen molar-refractivity contribution in [2.24, 2.45) is 0 Å². The number of halogens is 4. The summed E-state index contributed by atoms with van der Waals surface area (Å²) in [6.07, 6.45) is -2.50. The van der Waals surface area contributed by atoms with E-state index in [4.69, 9.17) is 11.6 Å². The van der Waals surface area contributed by atoms with Gasteiger partial charge >= 0.3 is 6.18 Å². The lowest BCUT2D eigenvalue weighted by Gasteiger charge is -2.23. The molecule has 1 fully saturated rings. The lowest BCUT2D eigenvalue weighted by atomic mass is 10.2. The van der Waals surface area contributed by atoms with E-state index in [1.54, 1.807) is 0 Å². The SMILES string of the molecule is FC(F)(F)c1ccc(N2CCCN(Cc3ccc(Cl)cc3)CC2)nc1. The summed E-state index contributed by atoms with van der Waals surface area (Å²) in [7, 11) is 0. The minimum atomic E-state index is -4.35. The summed E-state index contributed by atoms with van der Waals surface area (Å²) in [5.41, 5.74) is 0.487. The first-order valence-corrected chi connectivity index (χ1v) is 8.54. The third kappa shape index (κ3) is 4.86. The van der Waals surface area contributed by atoms with E-state index in [1.807, 2.05) is 29.2 Å². The van der Waals surface area contributed by atoms with Gasteiger partial charge in [0.1, 0.15) is 5.82 Å². The van der Waals surface area contributed by atoms with Crippen molar-refractivity contribution in [3.05, 3.63) is 58.7 Å². The highest BCUT2D eigenvalue weighted by Crippen LogP contribution is 2.29. The molecule has 0 atom stereocenters. The molecule has 134 valence electrons. The van der Waals surface area contributed by atoms with Gasteiger partial charge in [-0.05, 0) is 36.2 Å². The fourth-order valence-corrected chi connectivity index (χ4v) is 3.07. The molecule has 3 rings (SSSR count). The number of anilines is 1. The number of hydrogen-bond acceptors (Lipinski definition) is 3. The summed E-state index contributed by atoms with van der Waals surface area (Å²) >= 11 is 5.91. The van der Waals surface area contributed by atoms with Gasteiger partial charge in [0, 0.05) is 43.9 Å². The molecule has 25 heavy (non-hydrogen) atoms. The minimum Gasteiger partial charge on any atom is -0.355 e. The molecule has 7 heteroatoms. The van der Waals surface area contributed by atoms with E-state index in [1.165, 1.54) is 11.6 Å². The zero-order valence-electron chi connectivity index (χ0n) is 13.6. The van der Waals surface area contributed by atoms with Gasteiger partial charge in [-0.1, -0.05) is 23.7 Å². The molecule has 1 aliphatic rings. The number of pyridine rings is 1. The van der Waals surface area contributed by atoms with E-state index in [0.717, 1.165) is 56.4 Å². The lowest BCUT2D eigenvalue weighted by molar-refractivity contribution is -0.137. The molecule has 0 radical (unpaired) electrons. The van der Waals surface area contributed by atoms with Gasteiger partial charge < -0.3 is 4.90 Å². The molecule has 0 amide bonds. The molecule has 0 spiro atoms. The zero-order valence-corrected chi connectivity index (χ0v) is 14.4. The fraction of sp³-hybridized carbons (Fsp3) is 0.389. The topological polar surface area (TPSA) is 19.4 Å². The molecule has 2 aromatic rings. The monoisotopic (exact) mass is 369 g/mol. The number of rotatable bonds is 3. The van der Waals surface area contributed by atoms with E-state index < -0.39 is 11.7 Å². The van der Waals surface area contributed by atoms with Crippen LogP contribution in [0.15, 0.2) is 42.6 Å².